The molecule has 0 saturated carbocycles. The van der Waals surface area contributed by atoms with E-state index in [0.717, 1.165) is 10.1 Å². The van der Waals surface area contributed by atoms with Gasteiger partial charge in [0, 0.05) is 20.0 Å². The third-order valence-electron chi connectivity index (χ3n) is 6.34. The summed E-state index contributed by atoms with van der Waals surface area (Å²) in [6.45, 7) is 7.68. The minimum Gasteiger partial charge on any atom is -0.461 e. The first kappa shape index (κ1) is 34.1. The zero-order valence-electron chi connectivity index (χ0n) is 25.0. The molecule has 0 bridgehead atoms. The van der Waals surface area contributed by atoms with Crippen molar-refractivity contribution in [3.05, 3.63) is 108 Å². The van der Waals surface area contributed by atoms with Crippen molar-refractivity contribution in [2.24, 2.45) is 0 Å². The standard InChI is InChI=1S/C30H28Cl2N4O6.C2H6/c1-17(2)42-29(40)25(33-27(38)26-22(31)5-4-6-23(26)32)14-18-7-10-20(11-8-18)36-28(39)21-13-19(15-35(3)16-37)9-12-24(21)34-30(36)41;1-2/h4-13,16-17,25H,14-15H2,1-3H3,(H,33,38)(H,34,41);1-2H3. The van der Waals surface area contributed by atoms with Gasteiger partial charge in [-0.2, -0.15) is 0 Å². The van der Waals surface area contributed by atoms with Crippen molar-refractivity contribution in [3.63, 3.8) is 0 Å². The van der Waals surface area contributed by atoms with E-state index in [1.54, 1.807) is 69.4 Å². The Kier molecular flexibility index (Phi) is 11.9. The molecule has 1 aromatic heterocycles. The van der Waals surface area contributed by atoms with Gasteiger partial charge in [0.1, 0.15) is 6.04 Å². The molecular formula is C32H34Cl2N4O6. The molecule has 0 aliphatic rings. The SMILES string of the molecule is CC.CC(C)OC(=O)C(Cc1ccc(-n2c(=O)[nH]c3ccc(CN(C)C=O)cc3c2=O)cc1)NC(=O)c1c(Cl)cccc1Cl. The summed E-state index contributed by atoms with van der Waals surface area (Å²) in [6, 6.07) is 15.0. The van der Waals surface area contributed by atoms with E-state index in [4.69, 9.17) is 27.9 Å². The molecule has 2 amide bonds. The van der Waals surface area contributed by atoms with Crippen LogP contribution in [0.25, 0.3) is 16.6 Å². The molecule has 1 heterocycles. The highest BCUT2D eigenvalue weighted by Gasteiger charge is 2.26. The number of amides is 2. The van der Waals surface area contributed by atoms with Crippen molar-refractivity contribution in [3.8, 4) is 5.69 Å². The van der Waals surface area contributed by atoms with Crippen LogP contribution >= 0.6 is 23.2 Å². The lowest BCUT2D eigenvalue weighted by Crippen LogP contribution is -2.44. The number of rotatable bonds is 10. The number of aromatic nitrogens is 2. The smallest absolute Gasteiger partial charge is 0.333 e. The van der Waals surface area contributed by atoms with Crippen LogP contribution in [0.2, 0.25) is 10.0 Å². The maximum atomic E-state index is 13.4. The summed E-state index contributed by atoms with van der Waals surface area (Å²) in [5, 5.41) is 3.21. The van der Waals surface area contributed by atoms with Crippen LogP contribution in [0.4, 0.5) is 0 Å². The molecule has 0 spiro atoms. The number of carbonyl (C=O) groups is 3. The number of nitrogens with zero attached hydrogens (tertiary/aromatic N) is 2. The minimum atomic E-state index is -1.08. The van der Waals surface area contributed by atoms with Gasteiger partial charge < -0.3 is 19.9 Å². The average Bonchev–Trinajstić information content (AvgIpc) is 2.98. The number of benzene rings is 3. The largest absolute Gasteiger partial charge is 0.461 e. The number of halogens is 2. The lowest BCUT2D eigenvalue weighted by atomic mass is 10.0. The lowest BCUT2D eigenvalue weighted by Gasteiger charge is -2.20. The Morgan fingerprint density at radius 2 is 1.61 bits per heavy atom. The van der Waals surface area contributed by atoms with Crippen LogP contribution in [0, 0.1) is 0 Å². The number of ether oxygens (including phenoxy) is 1. The molecule has 4 aromatic rings. The fraction of sp³-hybridized carbons (Fsp3) is 0.281. The fourth-order valence-corrected chi connectivity index (χ4v) is 4.96. The summed E-state index contributed by atoms with van der Waals surface area (Å²) >= 11 is 12.3. The normalized spacial score (nSPS) is 11.4. The van der Waals surface area contributed by atoms with Gasteiger partial charge in [0.15, 0.2) is 0 Å². The number of carbonyl (C=O) groups excluding carboxylic acids is 3. The molecule has 10 nitrogen and oxygen atoms in total. The predicted molar refractivity (Wildman–Crippen MR) is 172 cm³/mol. The molecule has 1 atom stereocenters. The Morgan fingerprint density at radius 1 is 1.00 bits per heavy atom. The number of aromatic amines is 1. The monoisotopic (exact) mass is 640 g/mol. The Labute approximate surface area is 264 Å². The van der Waals surface area contributed by atoms with Crippen LogP contribution in [0.3, 0.4) is 0 Å². The van der Waals surface area contributed by atoms with E-state index < -0.39 is 35.3 Å². The second-order valence-electron chi connectivity index (χ2n) is 9.95. The molecular weight excluding hydrogens is 607 g/mol. The molecule has 0 aliphatic carbocycles. The molecule has 232 valence electrons. The van der Waals surface area contributed by atoms with Crippen LogP contribution < -0.4 is 16.6 Å². The Hall–Kier alpha value is -4.41. The van der Waals surface area contributed by atoms with Gasteiger partial charge in [0.25, 0.3) is 11.5 Å². The zero-order chi connectivity index (χ0) is 32.6. The van der Waals surface area contributed by atoms with E-state index in [-0.39, 0.29) is 27.4 Å². The van der Waals surface area contributed by atoms with Crippen molar-refractivity contribution in [1.82, 2.24) is 19.8 Å². The minimum absolute atomic E-state index is 0.0365. The molecule has 0 radical (unpaired) electrons. The van der Waals surface area contributed by atoms with Crippen molar-refractivity contribution >= 4 is 52.4 Å². The highest BCUT2D eigenvalue weighted by molar-refractivity contribution is 6.39. The van der Waals surface area contributed by atoms with Crippen LogP contribution in [-0.4, -0.2) is 51.9 Å². The molecule has 4 rings (SSSR count). The van der Waals surface area contributed by atoms with Crippen molar-refractivity contribution < 1.29 is 19.1 Å². The summed E-state index contributed by atoms with van der Waals surface area (Å²) in [7, 11) is 1.62. The number of hydrogen-bond donors (Lipinski definition) is 2. The second-order valence-corrected chi connectivity index (χ2v) is 10.8. The lowest BCUT2D eigenvalue weighted by molar-refractivity contribution is -0.149. The fourth-order valence-electron chi connectivity index (χ4n) is 4.39. The van der Waals surface area contributed by atoms with Gasteiger partial charge in [-0.25, -0.2) is 14.2 Å². The molecule has 2 N–H and O–H groups in total. The summed E-state index contributed by atoms with van der Waals surface area (Å²) in [6.07, 6.45) is 0.312. The van der Waals surface area contributed by atoms with Crippen LogP contribution in [-0.2, 0) is 27.3 Å². The third-order valence-corrected chi connectivity index (χ3v) is 6.97. The molecule has 0 fully saturated rings. The van der Waals surface area contributed by atoms with E-state index in [9.17, 15) is 24.0 Å². The van der Waals surface area contributed by atoms with Gasteiger partial charge in [-0.05, 0) is 61.4 Å². The Morgan fingerprint density at radius 3 is 2.20 bits per heavy atom. The van der Waals surface area contributed by atoms with Crippen molar-refractivity contribution in [1.29, 1.82) is 0 Å². The van der Waals surface area contributed by atoms with Gasteiger partial charge in [-0.15, -0.1) is 0 Å². The van der Waals surface area contributed by atoms with Gasteiger partial charge in [-0.1, -0.05) is 61.3 Å². The Bertz CT molecular complexity index is 1750. The second kappa shape index (κ2) is 15.4. The van der Waals surface area contributed by atoms with Crippen LogP contribution in [0.5, 0.6) is 0 Å². The van der Waals surface area contributed by atoms with Crippen molar-refractivity contribution in [2.75, 3.05) is 7.05 Å². The number of hydrogen-bond acceptors (Lipinski definition) is 6. The number of nitrogens with one attached hydrogen (secondary N) is 2. The molecule has 3 aromatic carbocycles. The van der Waals surface area contributed by atoms with E-state index >= 15 is 0 Å². The number of H-pyrrole nitrogens is 1. The summed E-state index contributed by atoms with van der Waals surface area (Å²) in [5.41, 5.74) is 0.905. The molecule has 0 saturated heterocycles. The zero-order valence-corrected chi connectivity index (χ0v) is 26.5. The maximum absolute atomic E-state index is 13.4. The predicted octanol–water partition coefficient (Wildman–Crippen LogP) is 4.89. The summed E-state index contributed by atoms with van der Waals surface area (Å²) in [5.74, 6) is -1.29. The topological polar surface area (TPSA) is 131 Å². The summed E-state index contributed by atoms with van der Waals surface area (Å²) in [4.78, 5) is 67.3. The summed E-state index contributed by atoms with van der Waals surface area (Å²) < 4.78 is 6.36. The number of esters is 1. The molecule has 0 aliphatic heterocycles. The first-order chi connectivity index (χ1) is 21.0. The highest BCUT2D eigenvalue weighted by atomic mass is 35.5. The average molecular weight is 642 g/mol. The third kappa shape index (κ3) is 8.15. The van der Waals surface area contributed by atoms with E-state index in [1.165, 1.54) is 17.0 Å². The maximum Gasteiger partial charge on any atom is 0.333 e. The van der Waals surface area contributed by atoms with Crippen LogP contribution in [0.1, 0.15) is 49.2 Å². The van der Waals surface area contributed by atoms with Gasteiger partial charge in [0.2, 0.25) is 6.41 Å². The van der Waals surface area contributed by atoms with Gasteiger partial charge in [-0.3, -0.25) is 14.4 Å². The van der Waals surface area contributed by atoms with Gasteiger partial charge in [0.05, 0.1) is 38.3 Å². The quantitative estimate of drug-likeness (QED) is 0.187. The van der Waals surface area contributed by atoms with Crippen LogP contribution in [0.15, 0.2) is 70.3 Å². The van der Waals surface area contributed by atoms with Crippen molar-refractivity contribution in [2.45, 2.75) is 52.8 Å². The van der Waals surface area contributed by atoms with Gasteiger partial charge >= 0.3 is 11.7 Å². The Balaban J connectivity index is 0.00000259. The van der Waals surface area contributed by atoms with E-state index in [1.807, 2.05) is 13.8 Å². The molecule has 1 unspecified atom stereocenters. The molecule has 44 heavy (non-hydrogen) atoms. The first-order valence-corrected chi connectivity index (χ1v) is 14.7. The van der Waals surface area contributed by atoms with E-state index in [0.29, 0.717) is 29.7 Å². The highest BCUT2D eigenvalue weighted by Crippen LogP contribution is 2.24. The first-order valence-electron chi connectivity index (χ1n) is 14.0. The molecule has 12 heteroatoms. The number of fused-ring (bicyclic) bond motifs is 1. The van der Waals surface area contributed by atoms with E-state index in [2.05, 4.69) is 10.3 Å².